The number of rotatable bonds is 4. The highest BCUT2D eigenvalue weighted by Crippen LogP contribution is 2.43. The second-order valence-electron chi connectivity index (χ2n) is 6.74. The molecular weight excluding hydrogens is 393 g/mol. The Hall–Kier alpha value is -3.23. The predicted molar refractivity (Wildman–Crippen MR) is 94.9 cm³/mol. The number of benzene rings is 2. The van der Waals surface area contributed by atoms with Crippen molar-refractivity contribution < 1.29 is 26.7 Å². The van der Waals surface area contributed by atoms with E-state index >= 15 is 0 Å². The maximum atomic E-state index is 13.7. The van der Waals surface area contributed by atoms with Crippen molar-refractivity contribution in [1.82, 2.24) is 9.78 Å². The minimum atomic E-state index is -4.54. The average molecular weight is 407 g/mol. The van der Waals surface area contributed by atoms with Crippen molar-refractivity contribution in [2.24, 2.45) is 0 Å². The van der Waals surface area contributed by atoms with Crippen LogP contribution in [0.1, 0.15) is 40.5 Å². The molecule has 1 N–H and O–H groups in total. The van der Waals surface area contributed by atoms with Crippen molar-refractivity contribution in [3.8, 4) is 5.69 Å². The van der Waals surface area contributed by atoms with Crippen LogP contribution in [0.25, 0.3) is 5.69 Å². The second-order valence-corrected chi connectivity index (χ2v) is 6.74. The van der Waals surface area contributed by atoms with Crippen molar-refractivity contribution in [3.05, 3.63) is 77.1 Å². The summed E-state index contributed by atoms with van der Waals surface area (Å²) in [5.41, 5.74) is -0.253. The number of anilines is 1. The molecule has 1 aliphatic rings. The third-order valence-corrected chi connectivity index (χ3v) is 4.59. The number of nitrogens with one attached hydrogen (secondary N) is 1. The van der Waals surface area contributed by atoms with Crippen LogP contribution in [0.5, 0.6) is 0 Å². The van der Waals surface area contributed by atoms with Gasteiger partial charge < -0.3 is 5.32 Å². The summed E-state index contributed by atoms with van der Waals surface area (Å²) >= 11 is 0. The van der Waals surface area contributed by atoms with Gasteiger partial charge in [0, 0.05) is 17.3 Å². The minimum absolute atomic E-state index is 0.0360. The quantitative estimate of drug-likeness (QED) is 0.597. The highest BCUT2D eigenvalue weighted by Gasteiger charge is 2.38. The zero-order valence-corrected chi connectivity index (χ0v) is 14.8. The first-order valence-corrected chi connectivity index (χ1v) is 8.77. The van der Waals surface area contributed by atoms with Crippen molar-refractivity contribution in [3.63, 3.8) is 0 Å². The molecule has 1 amide bonds. The van der Waals surface area contributed by atoms with Crippen LogP contribution in [0.3, 0.4) is 0 Å². The number of aromatic nitrogens is 2. The van der Waals surface area contributed by atoms with Crippen LogP contribution in [-0.2, 0) is 6.18 Å². The molecule has 1 aromatic heterocycles. The third-order valence-electron chi connectivity index (χ3n) is 4.59. The van der Waals surface area contributed by atoms with Crippen LogP contribution >= 0.6 is 0 Å². The molecule has 1 saturated carbocycles. The normalized spacial score (nSPS) is 14.1. The molecule has 3 aromatic rings. The number of carbonyl (C=O) groups excluding carboxylic acids is 1. The van der Waals surface area contributed by atoms with Crippen molar-refractivity contribution in [1.29, 1.82) is 0 Å². The van der Waals surface area contributed by atoms with Gasteiger partial charge in [-0.15, -0.1) is 0 Å². The highest BCUT2D eigenvalue weighted by molar-refractivity contribution is 6.04. The maximum absolute atomic E-state index is 13.7. The number of hydrogen-bond donors (Lipinski definition) is 1. The number of nitrogens with zero attached hydrogens (tertiary/aromatic N) is 2. The molecule has 0 bridgehead atoms. The lowest BCUT2D eigenvalue weighted by atomic mass is 10.2. The molecule has 0 saturated heterocycles. The lowest BCUT2D eigenvalue weighted by Gasteiger charge is -2.10. The van der Waals surface area contributed by atoms with Gasteiger partial charge >= 0.3 is 6.18 Å². The molecule has 9 heteroatoms. The van der Waals surface area contributed by atoms with E-state index in [4.69, 9.17) is 0 Å². The van der Waals surface area contributed by atoms with Crippen LogP contribution in [0.4, 0.5) is 27.6 Å². The van der Waals surface area contributed by atoms with E-state index in [-0.39, 0.29) is 11.6 Å². The summed E-state index contributed by atoms with van der Waals surface area (Å²) in [6.45, 7) is 0. The molecule has 0 unspecified atom stereocenters. The van der Waals surface area contributed by atoms with Gasteiger partial charge in [-0.1, -0.05) is 6.07 Å². The van der Waals surface area contributed by atoms with Crippen LogP contribution in [-0.4, -0.2) is 15.7 Å². The fourth-order valence-electron chi connectivity index (χ4n) is 2.97. The standard InChI is InChI=1S/C20H14F5N3O/c21-15-3-1-2-14(18(15)22)19(29)26-12-6-8-13(9-7-12)28-16(11-4-5-11)10-17(27-28)20(23,24)25/h1-3,6-11H,4-5H2,(H,26,29). The van der Waals surface area contributed by atoms with Crippen molar-refractivity contribution in [2.45, 2.75) is 24.9 Å². The van der Waals surface area contributed by atoms with Crippen LogP contribution < -0.4 is 5.32 Å². The van der Waals surface area contributed by atoms with E-state index in [2.05, 4.69) is 10.4 Å². The van der Waals surface area contributed by atoms with Crippen molar-refractivity contribution >= 4 is 11.6 Å². The first-order valence-electron chi connectivity index (χ1n) is 8.77. The molecule has 29 heavy (non-hydrogen) atoms. The zero-order chi connectivity index (χ0) is 20.8. The first-order chi connectivity index (χ1) is 13.7. The van der Waals surface area contributed by atoms with Gasteiger partial charge in [-0.3, -0.25) is 4.79 Å². The summed E-state index contributed by atoms with van der Waals surface area (Å²) in [5, 5.41) is 6.11. The van der Waals surface area contributed by atoms with E-state index in [1.807, 2.05) is 0 Å². The van der Waals surface area contributed by atoms with Gasteiger partial charge in [0.15, 0.2) is 17.3 Å². The van der Waals surface area contributed by atoms with Gasteiger partial charge in [-0.25, -0.2) is 13.5 Å². The summed E-state index contributed by atoms with van der Waals surface area (Å²) in [6.07, 6.45) is -2.94. The van der Waals surface area contributed by atoms with Gasteiger partial charge in [-0.05, 0) is 55.3 Å². The Morgan fingerprint density at radius 1 is 1.07 bits per heavy atom. The number of alkyl halides is 3. The fraction of sp³-hybridized carbons (Fsp3) is 0.200. The maximum Gasteiger partial charge on any atom is 0.435 e. The third kappa shape index (κ3) is 3.85. The second kappa shape index (κ2) is 6.98. The Labute approximate surface area is 162 Å². The average Bonchev–Trinajstić information content (AvgIpc) is 3.41. The van der Waals surface area contributed by atoms with E-state index in [9.17, 15) is 26.7 Å². The van der Waals surface area contributed by atoms with Crippen LogP contribution in [0.2, 0.25) is 0 Å². The molecule has 0 aliphatic heterocycles. The van der Waals surface area contributed by atoms with E-state index in [0.29, 0.717) is 11.4 Å². The molecule has 0 radical (unpaired) electrons. The predicted octanol–water partition coefficient (Wildman–Crippen LogP) is 5.30. The summed E-state index contributed by atoms with van der Waals surface area (Å²) in [4.78, 5) is 12.1. The Morgan fingerprint density at radius 3 is 2.38 bits per heavy atom. The fourth-order valence-corrected chi connectivity index (χ4v) is 2.97. The number of halogens is 5. The highest BCUT2D eigenvalue weighted by atomic mass is 19.4. The molecule has 0 spiro atoms. The number of hydrogen-bond acceptors (Lipinski definition) is 2. The topological polar surface area (TPSA) is 46.9 Å². The lowest BCUT2D eigenvalue weighted by Crippen LogP contribution is -2.14. The molecule has 1 heterocycles. The molecule has 4 nitrogen and oxygen atoms in total. The van der Waals surface area contributed by atoms with Gasteiger partial charge in [0.05, 0.1) is 11.3 Å². The largest absolute Gasteiger partial charge is 0.435 e. The first kappa shape index (κ1) is 19.1. The SMILES string of the molecule is O=C(Nc1ccc(-n2nc(C(F)(F)F)cc2C2CC2)cc1)c1cccc(F)c1F. The van der Waals surface area contributed by atoms with Gasteiger partial charge in [0.2, 0.25) is 0 Å². The zero-order valence-electron chi connectivity index (χ0n) is 14.8. The summed E-state index contributed by atoms with van der Waals surface area (Å²) in [5.74, 6) is -3.20. The van der Waals surface area contributed by atoms with Crippen molar-refractivity contribution in [2.75, 3.05) is 5.32 Å². The van der Waals surface area contributed by atoms with Crippen LogP contribution in [0, 0.1) is 11.6 Å². The van der Waals surface area contributed by atoms with Gasteiger partial charge in [0.25, 0.3) is 5.91 Å². The smallest absolute Gasteiger partial charge is 0.322 e. The van der Waals surface area contributed by atoms with E-state index in [1.54, 1.807) is 0 Å². The van der Waals surface area contributed by atoms with E-state index in [1.165, 1.54) is 35.0 Å². The van der Waals surface area contributed by atoms with E-state index in [0.717, 1.165) is 31.0 Å². The summed E-state index contributed by atoms with van der Waals surface area (Å²) < 4.78 is 67.3. The van der Waals surface area contributed by atoms with E-state index < -0.39 is 35.0 Å². The molecule has 2 aromatic carbocycles. The molecule has 150 valence electrons. The molecule has 1 fully saturated rings. The number of amides is 1. The van der Waals surface area contributed by atoms with Crippen LogP contribution in [0.15, 0.2) is 48.5 Å². The lowest BCUT2D eigenvalue weighted by molar-refractivity contribution is -0.141. The number of carbonyl (C=O) groups is 1. The molecule has 4 rings (SSSR count). The Kier molecular flexibility index (Phi) is 4.60. The monoisotopic (exact) mass is 407 g/mol. The molecule has 0 atom stereocenters. The Bertz CT molecular complexity index is 1070. The molecule has 1 aliphatic carbocycles. The summed E-state index contributed by atoms with van der Waals surface area (Å²) in [7, 11) is 0. The minimum Gasteiger partial charge on any atom is -0.322 e. The molecular formula is C20H14F5N3O. The summed E-state index contributed by atoms with van der Waals surface area (Å²) in [6, 6.07) is 10.2. The Balaban J connectivity index is 1.58. The van der Waals surface area contributed by atoms with Gasteiger partial charge in [-0.2, -0.15) is 18.3 Å². The Morgan fingerprint density at radius 2 is 1.76 bits per heavy atom. The van der Waals surface area contributed by atoms with Gasteiger partial charge in [0.1, 0.15) is 0 Å².